The Balaban J connectivity index is 1.85. The number of aromatic nitrogens is 4. The third kappa shape index (κ3) is 2.34. The molecule has 4 N–H and O–H groups in total. The molecule has 0 fully saturated rings. The number of anilines is 1. The second kappa shape index (κ2) is 4.84. The summed E-state index contributed by atoms with van der Waals surface area (Å²) in [5.41, 5.74) is 2.80. The molecule has 0 spiro atoms. The van der Waals surface area contributed by atoms with Crippen LogP contribution in [0.5, 0.6) is 0 Å². The monoisotopic (exact) mass is 270 g/mol. The van der Waals surface area contributed by atoms with Gasteiger partial charge in [-0.05, 0) is 5.56 Å². The van der Waals surface area contributed by atoms with Crippen molar-refractivity contribution in [2.45, 2.75) is 0 Å². The molecule has 1 aromatic carbocycles. The number of imidazole rings is 1. The summed E-state index contributed by atoms with van der Waals surface area (Å²) >= 11 is 0. The van der Waals surface area contributed by atoms with Gasteiger partial charge in [0.05, 0.1) is 6.21 Å². The molecule has 0 atom stereocenters. The lowest BCUT2D eigenvalue weighted by Gasteiger charge is -1.93. The van der Waals surface area contributed by atoms with Crippen LogP contribution in [-0.2, 0) is 0 Å². The Morgan fingerprint density at radius 1 is 1.10 bits per heavy atom. The Morgan fingerprint density at radius 2 is 1.90 bits per heavy atom. The summed E-state index contributed by atoms with van der Waals surface area (Å²) in [6, 6.07) is 9.49. The molecule has 2 aromatic heterocycles. The van der Waals surface area contributed by atoms with E-state index in [1.807, 2.05) is 30.3 Å². The quantitative estimate of drug-likeness (QED) is 0.406. The van der Waals surface area contributed by atoms with Crippen molar-refractivity contribution in [2.24, 2.45) is 5.10 Å². The van der Waals surface area contributed by atoms with E-state index in [0.717, 1.165) is 5.56 Å². The van der Waals surface area contributed by atoms with E-state index >= 15 is 0 Å². The molecule has 8 nitrogen and oxygen atoms in total. The van der Waals surface area contributed by atoms with Gasteiger partial charge in [-0.2, -0.15) is 10.1 Å². The molecule has 0 saturated carbocycles. The van der Waals surface area contributed by atoms with Gasteiger partial charge in [0, 0.05) is 0 Å². The number of fused-ring (bicyclic) bond motifs is 1. The number of hydrazone groups is 1. The second-order valence-electron chi connectivity index (χ2n) is 4.00. The van der Waals surface area contributed by atoms with E-state index in [0.29, 0.717) is 0 Å². The summed E-state index contributed by atoms with van der Waals surface area (Å²) < 4.78 is 0. The second-order valence-corrected chi connectivity index (χ2v) is 4.00. The number of H-pyrrole nitrogens is 3. The summed E-state index contributed by atoms with van der Waals surface area (Å²) in [5.74, 6) is 0.263. The zero-order valence-corrected chi connectivity index (χ0v) is 10.2. The van der Waals surface area contributed by atoms with Crippen molar-refractivity contribution < 1.29 is 0 Å². The average molecular weight is 270 g/mol. The lowest BCUT2D eigenvalue weighted by Crippen LogP contribution is -2.21. The number of nitrogens with one attached hydrogen (secondary N) is 4. The van der Waals surface area contributed by atoms with Crippen LogP contribution in [0.15, 0.2) is 45.0 Å². The zero-order valence-electron chi connectivity index (χ0n) is 10.2. The molecule has 3 rings (SSSR count). The third-order valence-electron chi connectivity index (χ3n) is 2.57. The van der Waals surface area contributed by atoms with Crippen molar-refractivity contribution in [2.75, 3.05) is 5.43 Å². The van der Waals surface area contributed by atoms with E-state index in [1.165, 1.54) is 0 Å². The predicted octanol–water partition coefficient (Wildman–Crippen LogP) is 0.385. The molecular formula is C12H10N6O2. The van der Waals surface area contributed by atoms with Gasteiger partial charge in [0.1, 0.15) is 0 Å². The first kappa shape index (κ1) is 11.9. The van der Waals surface area contributed by atoms with E-state index in [-0.39, 0.29) is 17.1 Å². The largest absolute Gasteiger partial charge is 0.327 e. The van der Waals surface area contributed by atoms with Crippen LogP contribution in [0.2, 0.25) is 0 Å². The molecule has 0 saturated heterocycles. The van der Waals surface area contributed by atoms with Crippen molar-refractivity contribution in [3.63, 3.8) is 0 Å². The minimum Gasteiger partial charge on any atom is -0.317 e. The highest BCUT2D eigenvalue weighted by atomic mass is 16.2. The van der Waals surface area contributed by atoms with Crippen molar-refractivity contribution in [3.05, 3.63) is 56.7 Å². The molecule has 0 bridgehead atoms. The van der Waals surface area contributed by atoms with Gasteiger partial charge < -0.3 is 4.98 Å². The van der Waals surface area contributed by atoms with Crippen LogP contribution >= 0.6 is 0 Å². The van der Waals surface area contributed by atoms with Crippen molar-refractivity contribution in [3.8, 4) is 0 Å². The van der Waals surface area contributed by atoms with E-state index in [1.54, 1.807) is 6.21 Å². The van der Waals surface area contributed by atoms with Crippen molar-refractivity contribution >= 4 is 23.3 Å². The number of hydrogen-bond acceptors (Lipinski definition) is 5. The van der Waals surface area contributed by atoms with Gasteiger partial charge in [-0.3, -0.25) is 14.8 Å². The summed E-state index contributed by atoms with van der Waals surface area (Å²) in [7, 11) is 0. The highest BCUT2D eigenvalue weighted by Gasteiger charge is 2.06. The van der Waals surface area contributed by atoms with Gasteiger partial charge in [-0.25, -0.2) is 10.2 Å². The summed E-state index contributed by atoms with van der Waals surface area (Å²) in [5, 5.41) is 3.99. The number of rotatable bonds is 3. The van der Waals surface area contributed by atoms with E-state index < -0.39 is 11.2 Å². The molecule has 0 radical (unpaired) electrons. The molecule has 20 heavy (non-hydrogen) atoms. The van der Waals surface area contributed by atoms with Crippen LogP contribution < -0.4 is 16.7 Å². The highest BCUT2D eigenvalue weighted by molar-refractivity contribution is 5.80. The first-order valence-corrected chi connectivity index (χ1v) is 5.79. The maximum atomic E-state index is 11.5. The molecule has 0 aliphatic heterocycles. The van der Waals surface area contributed by atoms with Crippen LogP contribution in [0.1, 0.15) is 5.56 Å². The molecule has 3 aromatic rings. The topological polar surface area (TPSA) is 119 Å². The first-order chi connectivity index (χ1) is 9.72. The van der Waals surface area contributed by atoms with Gasteiger partial charge in [-0.15, -0.1) is 0 Å². The first-order valence-electron chi connectivity index (χ1n) is 5.79. The Bertz CT molecular complexity index is 874. The molecule has 2 heterocycles. The van der Waals surface area contributed by atoms with Gasteiger partial charge in [0.25, 0.3) is 5.56 Å². The SMILES string of the molecule is O=c1[nH]c(=O)c2[nH]c(NN=Cc3ccccc3)nc2[nH]1. The average Bonchev–Trinajstić information content (AvgIpc) is 2.83. The zero-order chi connectivity index (χ0) is 13.9. The molecule has 0 aliphatic carbocycles. The third-order valence-corrected chi connectivity index (χ3v) is 2.57. The summed E-state index contributed by atoms with van der Waals surface area (Å²) in [4.78, 5) is 33.8. The number of nitrogens with zero attached hydrogens (tertiary/aromatic N) is 2. The summed E-state index contributed by atoms with van der Waals surface area (Å²) in [6.07, 6.45) is 1.61. The van der Waals surface area contributed by atoms with Crippen LogP contribution in [0.3, 0.4) is 0 Å². The molecular weight excluding hydrogens is 260 g/mol. The van der Waals surface area contributed by atoms with E-state index in [4.69, 9.17) is 0 Å². The summed E-state index contributed by atoms with van der Waals surface area (Å²) in [6.45, 7) is 0. The number of hydrogen-bond donors (Lipinski definition) is 4. The number of aromatic amines is 3. The fraction of sp³-hybridized carbons (Fsp3) is 0. The van der Waals surface area contributed by atoms with Crippen molar-refractivity contribution in [1.82, 2.24) is 19.9 Å². The van der Waals surface area contributed by atoms with Crippen molar-refractivity contribution in [1.29, 1.82) is 0 Å². The molecule has 100 valence electrons. The van der Waals surface area contributed by atoms with Crippen LogP contribution in [-0.4, -0.2) is 26.2 Å². The molecule has 0 unspecified atom stereocenters. The standard InChI is InChI=1S/C12H10N6O2/c19-10-8-9(16-12(20)17-10)15-11(14-8)18-13-6-7-4-2-1-3-5-7/h1-6H,(H4,14,15,16,17,18,19,20). The van der Waals surface area contributed by atoms with Crippen LogP contribution in [0.4, 0.5) is 5.95 Å². The van der Waals surface area contributed by atoms with Gasteiger partial charge in [0.2, 0.25) is 5.95 Å². The smallest absolute Gasteiger partial charge is 0.317 e. The minimum absolute atomic E-state index is 0.177. The Labute approximate surface area is 111 Å². The predicted molar refractivity (Wildman–Crippen MR) is 75.0 cm³/mol. The van der Waals surface area contributed by atoms with Crippen LogP contribution in [0.25, 0.3) is 11.2 Å². The normalized spacial score (nSPS) is 11.2. The van der Waals surface area contributed by atoms with Crippen LogP contribution in [0, 0.1) is 0 Å². The Kier molecular flexibility index (Phi) is 2.88. The van der Waals surface area contributed by atoms with Gasteiger partial charge in [-0.1, -0.05) is 30.3 Å². The fourth-order valence-corrected chi connectivity index (χ4v) is 1.69. The number of benzene rings is 1. The lowest BCUT2D eigenvalue weighted by molar-refractivity contribution is 1.07. The Hall–Kier alpha value is -3.16. The highest BCUT2D eigenvalue weighted by Crippen LogP contribution is 2.05. The maximum absolute atomic E-state index is 11.5. The van der Waals surface area contributed by atoms with Gasteiger partial charge >= 0.3 is 5.69 Å². The lowest BCUT2D eigenvalue weighted by atomic mass is 10.2. The Morgan fingerprint density at radius 3 is 2.70 bits per heavy atom. The molecule has 8 heteroatoms. The maximum Gasteiger partial charge on any atom is 0.327 e. The minimum atomic E-state index is -0.603. The fourth-order valence-electron chi connectivity index (χ4n) is 1.69. The molecule has 0 aliphatic rings. The van der Waals surface area contributed by atoms with E-state index in [2.05, 4.69) is 30.5 Å². The van der Waals surface area contributed by atoms with Gasteiger partial charge in [0.15, 0.2) is 11.2 Å². The van der Waals surface area contributed by atoms with E-state index in [9.17, 15) is 9.59 Å². The molecule has 0 amide bonds.